The number of hydrogen-bond donors (Lipinski definition) is 0. The summed E-state index contributed by atoms with van der Waals surface area (Å²) in [7, 11) is 0. The molecule has 1 aliphatic carbocycles. The Hall–Kier alpha value is -0.200. The highest BCUT2D eigenvalue weighted by Crippen LogP contribution is 2.44. The molecule has 0 aromatic rings. The van der Waals surface area contributed by atoms with Crippen molar-refractivity contribution in [2.75, 3.05) is 18.8 Å². The van der Waals surface area contributed by atoms with E-state index < -0.39 is 0 Å². The molecule has 0 N–H and O–H groups in total. The van der Waals surface area contributed by atoms with Crippen molar-refractivity contribution in [1.29, 1.82) is 5.26 Å². The first kappa shape index (κ1) is 17.2. The third-order valence-corrected chi connectivity index (χ3v) is 7.22. The van der Waals surface area contributed by atoms with E-state index in [2.05, 4.69) is 57.3 Å². The van der Waals surface area contributed by atoms with Crippen LogP contribution >= 0.6 is 11.8 Å². The lowest BCUT2D eigenvalue weighted by molar-refractivity contribution is 0.0492. The topological polar surface area (TPSA) is 27.0 Å². The third kappa shape index (κ3) is 3.96. The fourth-order valence-corrected chi connectivity index (χ4v) is 5.17. The first-order valence-corrected chi connectivity index (χ1v) is 9.55. The zero-order chi connectivity index (χ0) is 15.7. The van der Waals surface area contributed by atoms with Gasteiger partial charge in [-0.25, -0.2) is 0 Å². The Bertz CT molecular complexity index is 397. The minimum absolute atomic E-state index is 0.243. The first-order chi connectivity index (χ1) is 9.79. The highest BCUT2D eigenvalue weighted by Gasteiger charge is 2.41. The van der Waals surface area contributed by atoms with Crippen LogP contribution in [0.15, 0.2) is 0 Å². The average Bonchev–Trinajstić information content (AvgIpc) is 2.45. The molecule has 0 spiro atoms. The summed E-state index contributed by atoms with van der Waals surface area (Å²) in [5, 5.41) is 9.59. The number of nitriles is 1. The van der Waals surface area contributed by atoms with Crippen molar-refractivity contribution in [3.8, 4) is 6.07 Å². The van der Waals surface area contributed by atoms with Gasteiger partial charge in [-0.05, 0) is 44.4 Å². The number of rotatable bonds is 3. The van der Waals surface area contributed by atoms with Gasteiger partial charge < -0.3 is 0 Å². The van der Waals surface area contributed by atoms with Crippen molar-refractivity contribution in [3.05, 3.63) is 0 Å². The maximum atomic E-state index is 9.59. The largest absolute Gasteiger partial charge is 0.297 e. The summed E-state index contributed by atoms with van der Waals surface area (Å²) in [6.07, 6.45) is 4.80. The second-order valence-electron chi connectivity index (χ2n) is 8.23. The second-order valence-corrected chi connectivity index (χ2v) is 10.0. The van der Waals surface area contributed by atoms with Crippen molar-refractivity contribution in [2.45, 2.75) is 71.1 Å². The van der Waals surface area contributed by atoms with Gasteiger partial charge in [0, 0.05) is 29.6 Å². The molecule has 21 heavy (non-hydrogen) atoms. The van der Waals surface area contributed by atoms with E-state index in [4.69, 9.17) is 0 Å². The van der Waals surface area contributed by atoms with Gasteiger partial charge in [0.1, 0.15) is 0 Å². The predicted molar refractivity (Wildman–Crippen MR) is 92.4 cm³/mol. The Kier molecular flexibility index (Phi) is 5.31. The van der Waals surface area contributed by atoms with Gasteiger partial charge in [0.2, 0.25) is 0 Å². The van der Waals surface area contributed by atoms with E-state index in [1.54, 1.807) is 0 Å². The van der Waals surface area contributed by atoms with Crippen LogP contribution in [0.25, 0.3) is 0 Å². The second kappa shape index (κ2) is 6.50. The smallest absolute Gasteiger partial charge is 0.0672 e. The van der Waals surface area contributed by atoms with Crippen molar-refractivity contribution < 1.29 is 0 Å². The van der Waals surface area contributed by atoms with E-state index in [1.165, 1.54) is 25.0 Å². The molecule has 2 aliphatic rings. The van der Waals surface area contributed by atoms with Crippen LogP contribution in [0.2, 0.25) is 0 Å². The summed E-state index contributed by atoms with van der Waals surface area (Å²) < 4.78 is 0.339. The molecule has 0 amide bonds. The van der Waals surface area contributed by atoms with Crippen LogP contribution in [0.4, 0.5) is 0 Å². The minimum Gasteiger partial charge on any atom is -0.297 e. The van der Waals surface area contributed by atoms with Gasteiger partial charge >= 0.3 is 0 Å². The monoisotopic (exact) mass is 308 g/mol. The number of hydrogen-bond acceptors (Lipinski definition) is 3. The van der Waals surface area contributed by atoms with Gasteiger partial charge in [-0.3, -0.25) is 4.90 Å². The Balaban J connectivity index is 2.12. The standard InChI is InChI=1S/C18H32N2S/c1-6-17(2,3)15-8-7-14(12-19)16(11-15)20-9-10-21-18(4,5)13-20/h14-16H,6-11,13H2,1-5H3. The predicted octanol–water partition coefficient (Wildman–Crippen LogP) is 4.56. The molecule has 2 fully saturated rings. The highest BCUT2D eigenvalue weighted by atomic mass is 32.2. The lowest BCUT2D eigenvalue weighted by Gasteiger charge is -2.48. The van der Waals surface area contributed by atoms with E-state index in [1.807, 2.05) is 0 Å². The summed E-state index contributed by atoms with van der Waals surface area (Å²) >= 11 is 2.08. The van der Waals surface area contributed by atoms with Gasteiger partial charge in [0.15, 0.2) is 0 Å². The maximum absolute atomic E-state index is 9.59. The Labute approximate surface area is 135 Å². The molecule has 3 unspecified atom stereocenters. The van der Waals surface area contributed by atoms with Crippen LogP contribution < -0.4 is 0 Å². The Morgan fingerprint density at radius 2 is 2.05 bits per heavy atom. The maximum Gasteiger partial charge on any atom is 0.0672 e. The summed E-state index contributed by atoms with van der Waals surface area (Å²) in [5.74, 6) is 2.23. The van der Waals surface area contributed by atoms with Crippen molar-refractivity contribution in [3.63, 3.8) is 0 Å². The highest BCUT2D eigenvalue weighted by molar-refractivity contribution is 8.00. The average molecular weight is 309 g/mol. The molecular formula is C18H32N2S. The van der Waals surface area contributed by atoms with E-state index in [0.29, 0.717) is 16.2 Å². The third-order valence-electron chi connectivity index (χ3n) is 5.92. The molecule has 3 atom stereocenters. The van der Waals surface area contributed by atoms with E-state index in [0.717, 1.165) is 25.4 Å². The van der Waals surface area contributed by atoms with Crippen LogP contribution in [0.5, 0.6) is 0 Å². The van der Waals surface area contributed by atoms with E-state index in [9.17, 15) is 5.26 Å². The minimum atomic E-state index is 0.243. The number of nitrogens with zero attached hydrogens (tertiary/aromatic N) is 2. The van der Waals surface area contributed by atoms with Crippen molar-refractivity contribution in [2.24, 2.45) is 17.3 Å². The van der Waals surface area contributed by atoms with Gasteiger partial charge in [0.25, 0.3) is 0 Å². The zero-order valence-electron chi connectivity index (χ0n) is 14.5. The molecule has 3 heteroatoms. The molecule has 0 aromatic carbocycles. The molecule has 120 valence electrons. The molecule has 2 rings (SSSR count). The molecule has 1 aliphatic heterocycles. The van der Waals surface area contributed by atoms with Crippen LogP contribution in [0, 0.1) is 28.6 Å². The molecule has 1 heterocycles. The Morgan fingerprint density at radius 3 is 2.62 bits per heavy atom. The molecule has 1 saturated carbocycles. The van der Waals surface area contributed by atoms with Crippen LogP contribution in [0.1, 0.15) is 60.3 Å². The first-order valence-electron chi connectivity index (χ1n) is 8.56. The van der Waals surface area contributed by atoms with E-state index in [-0.39, 0.29) is 5.92 Å². The molecule has 1 saturated heterocycles. The molecule has 0 aromatic heterocycles. The fourth-order valence-electron chi connectivity index (χ4n) is 4.04. The SMILES string of the molecule is CCC(C)(C)C1CCC(C#N)C(N2CCSC(C)(C)C2)C1. The zero-order valence-corrected chi connectivity index (χ0v) is 15.3. The van der Waals surface area contributed by atoms with E-state index >= 15 is 0 Å². The van der Waals surface area contributed by atoms with Crippen LogP contribution in [0.3, 0.4) is 0 Å². The molecule has 2 nitrogen and oxygen atoms in total. The molecule has 0 bridgehead atoms. The van der Waals surface area contributed by atoms with Gasteiger partial charge in [0.05, 0.1) is 12.0 Å². The van der Waals surface area contributed by atoms with Gasteiger partial charge in [-0.2, -0.15) is 17.0 Å². The summed E-state index contributed by atoms with van der Waals surface area (Å²) in [6.45, 7) is 14.1. The summed E-state index contributed by atoms with van der Waals surface area (Å²) in [6, 6.07) is 3.11. The van der Waals surface area contributed by atoms with Gasteiger partial charge in [-0.1, -0.05) is 27.2 Å². The molecule has 0 radical (unpaired) electrons. The van der Waals surface area contributed by atoms with Crippen LogP contribution in [-0.4, -0.2) is 34.5 Å². The summed E-state index contributed by atoms with van der Waals surface area (Å²) in [5.41, 5.74) is 0.415. The van der Waals surface area contributed by atoms with Crippen molar-refractivity contribution in [1.82, 2.24) is 4.90 Å². The lowest BCUT2D eigenvalue weighted by Crippen LogP contribution is -2.53. The Morgan fingerprint density at radius 1 is 1.33 bits per heavy atom. The molecular weight excluding hydrogens is 276 g/mol. The summed E-state index contributed by atoms with van der Waals surface area (Å²) in [4.78, 5) is 2.64. The normalized spacial score (nSPS) is 34.4. The number of thioether (sulfide) groups is 1. The quantitative estimate of drug-likeness (QED) is 0.765. The van der Waals surface area contributed by atoms with Crippen molar-refractivity contribution >= 4 is 11.8 Å². The fraction of sp³-hybridized carbons (Fsp3) is 0.944. The lowest BCUT2D eigenvalue weighted by atomic mass is 9.66. The van der Waals surface area contributed by atoms with Crippen LogP contribution in [-0.2, 0) is 0 Å². The van der Waals surface area contributed by atoms with Gasteiger partial charge in [-0.15, -0.1) is 0 Å².